The molecule has 0 saturated heterocycles. The maximum atomic E-state index is 12.9. The highest BCUT2D eigenvalue weighted by molar-refractivity contribution is 7.92. The Morgan fingerprint density at radius 2 is 1.61 bits per heavy atom. The van der Waals surface area contributed by atoms with Gasteiger partial charge in [-0.15, -0.1) is 0 Å². The molecule has 0 atom stereocenters. The number of benzene rings is 3. The normalized spacial score (nSPS) is 11.4. The maximum absolute atomic E-state index is 12.9. The van der Waals surface area contributed by atoms with Gasteiger partial charge < -0.3 is 15.3 Å². The number of carbonyl (C=O) groups is 1. The van der Waals surface area contributed by atoms with E-state index in [2.05, 4.69) is 20.0 Å². The van der Waals surface area contributed by atoms with Crippen LogP contribution in [0.3, 0.4) is 0 Å². The van der Waals surface area contributed by atoms with Crippen molar-refractivity contribution in [2.24, 2.45) is 0 Å². The lowest BCUT2D eigenvalue weighted by atomic mass is 10.1. The number of imidazole rings is 1. The molecular weight excluding hydrogens is 416 g/mol. The summed E-state index contributed by atoms with van der Waals surface area (Å²) in [6.45, 7) is 3.54. The van der Waals surface area contributed by atoms with Crippen LogP contribution >= 0.6 is 0 Å². The predicted octanol–water partition coefficient (Wildman–Crippen LogP) is 3.53. The van der Waals surface area contributed by atoms with Gasteiger partial charge in [0.1, 0.15) is 0 Å². The average molecular weight is 436 g/mol. The Labute approximate surface area is 178 Å². The van der Waals surface area contributed by atoms with Crippen LogP contribution in [0.1, 0.15) is 21.5 Å². The average Bonchev–Trinajstić information content (AvgIpc) is 3.09. The largest absolute Gasteiger partial charge is 0.323 e. The number of rotatable bonds is 5. The molecule has 3 aromatic carbocycles. The summed E-state index contributed by atoms with van der Waals surface area (Å²) in [7, 11) is -3.88. The van der Waals surface area contributed by atoms with E-state index in [0.717, 1.165) is 5.56 Å². The van der Waals surface area contributed by atoms with Gasteiger partial charge in [-0.25, -0.2) is 13.2 Å². The van der Waals surface area contributed by atoms with Crippen molar-refractivity contribution in [3.05, 3.63) is 87.8 Å². The summed E-state index contributed by atoms with van der Waals surface area (Å²) in [5, 5.41) is 2.75. The third-order valence-electron chi connectivity index (χ3n) is 4.93. The van der Waals surface area contributed by atoms with Crippen molar-refractivity contribution in [2.45, 2.75) is 18.7 Å². The van der Waals surface area contributed by atoms with E-state index in [-0.39, 0.29) is 16.1 Å². The zero-order chi connectivity index (χ0) is 22.2. The third kappa shape index (κ3) is 4.22. The summed E-state index contributed by atoms with van der Waals surface area (Å²) in [6.07, 6.45) is 0. The Hall–Kier alpha value is -3.85. The highest BCUT2D eigenvalue weighted by Crippen LogP contribution is 2.22. The second kappa shape index (κ2) is 7.77. The van der Waals surface area contributed by atoms with Crippen LogP contribution in [-0.2, 0) is 10.0 Å². The van der Waals surface area contributed by atoms with E-state index in [4.69, 9.17) is 0 Å². The summed E-state index contributed by atoms with van der Waals surface area (Å²) in [5.41, 5.74) is 3.43. The zero-order valence-electron chi connectivity index (χ0n) is 16.8. The molecule has 0 unspecified atom stereocenters. The summed E-state index contributed by atoms with van der Waals surface area (Å²) < 4.78 is 28.3. The van der Waals surface area contributed by atoms with Gasteiger partial charge in [-0.2, -0.15) is 0 Å². The van der Waals surface area contributed by atoms with Crippen molar-refractivity contribution in [2.75, 3.05) is 10.0 Å². The van der Waals surface area contributed by atoms with Gasteiger partial charge in [-0.05, 0) is 61.4 Å². The highest BCUT2D eigenvalue weighted by Gasteiger charge is 2.19. The van der Waals surface area contributed by atoms with Crippen LogP contribution < -0.4 is 15.7 Å². The van der Waals surface area contributed by atoms with Gasteiger partial charge >= 0.3 is 5.69 Å². The minimum atomic E-state index is -3.88. The van der Waals surface area contributed by atoms with Gasteiger partial charge in [0.2, 0.25) is 0 Å². The van der Waals surface area contributed by atoms with Crippen LogP contribution in [0, 0.1) is 13.8 Å². The van der Waals surface area contributed by atoms with E-state index in [0.29, 0.717) is 28.0 Å². The minimum absolute atomic E-state index is 0.0167. The molecule has 0 aliphatic heterocycles. The molecule has 0 aliphatic carbocycles. The molecule has 0 fully saturated rings. The molecule has 4 rings (SSSR count). The first-order valence-corrected chi connectivity index (χ1v) is 10.9. The Balaban J connectivity index is 1.62. The Bertz CT molecular complexity index is 1470. The number of nitrogens with one attached hydrogen (secondary N) is 4. The van der Waals surface area contributed by atoms with Gasteiger partial charge in [0, 0.05) is 11.3 Å². The third-order valence-corrected chi connectivity index (χ3v) is 6.29. The molecule has 1 aromatic heterocycles. The lowest BCUT2D eigenvalue weighted by molar-refractivity contribution is 0.102. The smallest absolute Gasteiger partial charge is 0.322 e. The fourth-order valence-electron chi connectivity index (χ4n) is 3.21. The maximum Gasteiger partial charge on any atom is 0.323 e. The monoisotopic (exact) mass is 436 g/mol. The van der Waals surface area contributed by atoms with E-state index >= 15 is 0 Å². The number of H-pyrrole nitrogens is 2. The quantitative estimate of drug-likeness (QED) is 0.382. The summed E-state index contributed by atoms with van der Waals surface area (Å²) >= 11 is 0. The second-order valence-electron chi connectivity index (χ2n) is 7.19. The molecule has 0 bridgehead atoms. The topological polar surface area (TPSA) is 124 Å². The second-order valence-corrected chi connectivity index (χ2v) is 8.87. The van der Waals surface area contributed by atoms with Crippen LogP contribution in [0.15, 0.2) is 70.4 Å². The molecule has 31 heavy (non-hydrogen) atoms. The van der Waals surface area contributed by atoms with Crippen molar-refractivity contribution in [1.82, 2.24) is 9.97 Å². The van der Waals surface area contributed by atoms with Crippen molar-refractivity contribution in [3.8, 4) is 0 Å². The molecule has 8 nitrogen and oxygen atoms in total. The van der Waals surface area contributed by atoms with Gasteiger partial charge in [-0.3, -0.25) is 9.52 Å². The number of para-hydroxylation sites is 1. The molecule has 4 N–H and O–H groups in total. The fourth-order valence-corrected chi connectivity index (χ4v) is 4.37. The number of carbonyl (C=O) groups excluding carboxylic acids is 1. The molecule has 4 aromatic rings. The number of hydrogen-bond acceptors (Lipinski definition) is 4. The van der Waals surface area contributed by atoms with Gasteiger partial charge in [-0.1, -0.05) is 24.3 Å². The van der Waals surface area contributed by atoms with Crippen molar-refractivity contribution < 1.29 is 13.2 Å². The number of hydrogen-bond donors (Lipinski definition) is 4. The number of aryl methyl sites for hydroxylation is 2. The van der Waals surface area contributed by atoms with Gasteiger partial charge in [0.05, 0.1) is 21.6 Å². The molecule has 0 saturated carbocycles. The number of aromatic nitrogens is 2. The van der Waals surface area contributed by atoms with Crippen molar-refractivity contribution in [1.29, 1.82) is 0 Å². The van der Waals surface area contributed by atoms with Crippen LogP contribution in [0.5, 0.6) is 0 Å². The van der Waals surface area contributed by atoms with E-state index < -0.39 is 15.9 Å². The predicted molar refractivity (Wildman–Crippen MR) is 120 cm³/mol. The summed E-state index contributed by atoms with van der Waals surface area (Å²) in [6, 6.07) is 16.4. The van der Waals surface area contributed by atoms with E-state index in [1.807, 2.05) is 6.07 Å². The number of amides is 1. The Kier molecular flexibility index (Phi) is 5.12. The molecular formula is C22H20N4O4S. The lowest BCUT2D eigenvalue weighted by Gasteiger charge is -2.13. The van der Waals surface area contributed by atoms with Gasteiger partial charge in [0.15, 0.2) is 0 Å². The van der Waals surface area contributed by atoms with E-state index in [9.17, 15) is 18.0 Å². The molecule has 0 aliphatic rings. The van der Waals surface area contributed by atoms with E-state index in [1.165, 1.54) is 12.1 Å². The SMILES string of the molecule is Cc1ccccc1NS(=O)(=O)c1ccc(C)c(C(=O)Nc2ccc3[nH]c(=O)[nH]c3c2)c1. The first-order chi connectivity index (χ1) is 14.7. The molecule has 1 amide bonds. The lowest BCUT2D eigenvalue weighted by Crippen LogP contribution is -2.17. The van der Waals surface area contributed by atoms with Crippen molar-refractivity contribution >= 4 is 38.3 Å². The molecule has 9 heteroatoms. The summed E-state index contributed by atoms with van der Waals surface area (Å²) in [4.78, 5) is 29.5. The van der Waals surface area contributed by atoms with Gasteiger partial charge in [0.25, 0.3) is 15.9 Å². The van der Waals surface area contributed by atoms with Crippen molar-refractivity contribution in [3.63, 3.8) is 0 Å². The number of anilines is 2. The highest BCUT2D eigenvalue weighted by atomic mass is 32.2. The molecule has 0 spiro atoms. The minimum Gasteiger partial charge on any atom is -0.322 e. The number of sulfonamides is 1. The number of aromatic amines is 2. The fraction of sp³-hybridized carbons (Fsp3) is 0.0909. The van der Waals surface area contributed by atoms with Crippen LogP contribution in [-0.4, -0.2) is 24.3 Å². The zero-order valence-corrected chi connectivity index (χ0v) is 17.6. The summed E-state index contributed by atoms with van der Waals surface area (Å²) in [5.74, 6) is -0.456. The molecule has 1 heterocycles. The Morgan fingerprint density at radius 3 is 2.39 bits per heavy atom. The van der Waals surface area contributed by atoms with E-state index in [1.54, 1.807) is 56.3 Å². The molecule has 0 radical (unpaired) electrons. The first kappa shape index (κ1) is 20.4. The standard InChI is InChI=1S/C22H20N4O4S/c1-13-7-9-16(31(29,30)26-18-6-4-3-5-14(18)2)12-17(13)21(27)23-15-8-10-19-20(11-15)25-22(28)24-19/h3-12,26H,1-2H3,(H,23,27)(H2,24,25,28). The van der Waals surface area contributed by atoms with Crippen LogP contribution in [0.25, 0.3) is 11.0 Å². The number of fused-ring (bicyclic) bond motifs is 1. The van der Waals surface area contributed by atoms with Crippen LogP contribution in [0.4, 0.5) is 11.4 Å². The molecule has 158 valence electrons. The van der Waals surface area contributed by atoms with Crippen LogP contribution in [0.2, 0.25) is 0 Å². The first-order valence-electron chi connectivity index (χ1n) is 9.45. The Morgan fingerprint density at radius 1 is 0.871 bits per heavy atom.